The predicted octanol–water partition coefficient (Wildman–Crippen LogP) is 6.32. The summed E-state index contributed by atoms with van der Waals surface area (Å²) in [5.41, 5.74) is 3.19. The van der Waals surface area contributed by atoms with Crippen molar-refractivity contribution in [3.05, 3.63) is 92.7 Å². The molecule has 5 rings (SSSR count). The van der Waals surface area contributed by atoms with Gasteiger partial charge in [-0.05, 0) is 79.3 Å². The Balaban J connectivity index is 1.32. The standard InChI is InChI=1S/C27H22ClF2N3O2S/c28-20-12-11-19(15-22(20)30)33-26(35)25-21(29)6-2-7-23(25)32-27(33)36-13-3-8-24(34)31-18-10-9-16-4-1-5-17(16)14-18/h2,6-7,9-12,14-15H,1,3-5,8,13H2,(H,31,34). The maximum Gasteiger partial charge on any atom is 0.269 e. The van der Waals surface area contributed by atoms with Gasteiger partial charge in [-0.15, -0.1) is 0 Å². The Morgan fingerprint density at radius 3 is 2.72 bits per heavy atom. The highest BCUT2D eigenvalue weighted by molar-refractivity contribution is 7.99. The second kappa shape index (κ2) is 10.4. The van der Waals surface area contributed by atoms with Crippen molar-refractivity contribution in [3.63, 3.8) is 0 Å². The fourth-order valence-corrected chi connectivity index (χ4v) is 5.46. The highest BCUT2D eigenvalue weighted by Gasteiger charge is 2.17. The third-order valence-corrected chi connectivity index (χ3v) is 7.47. The van der Waals surface area contributed by atoms with Crippen LogP contribution in [0.2, 0.25) is 5.02 Å². The number of fused-ring (bicyclic) bond motifs is 2. The fourth-order valence-electron chi connectivity index (χ4n) is 4.39. The molecule has 4 aromatic rings. The van der Waals surface area contributed by atoms with E-state index in [9.17, 15) is 18.4 Å². The largest absolute Gasteiger partial charge is 0.326 e. The van der Waals surface area contributed by atoms with E-state index in [-0.39, 0.29) is 39.1 Å². The first-order valence-corrected chi connectivity index (χ1v) is 13.0. The van der Waals surface area contributed by atoms with Gasteiger partial charge in [-0.25, -0.2) is 13.8 Å². The van der Waals surface area contributed by atoms with Gasteiger partial charge >= 0.3 is 0 Å². The third kappa shape index (κ3) is 5.01. The lowest BCUT2D eigenvalue weighted by Crippen LogP contribution is -2.23. The molecule has 0 saturated carbocycles. The number of halogens is 3. The van der Waals surface area contributed by atoms with Crippen molar-refractivity contribution >= 4 is 45.9 Å². The van der Waals surface area contributed by atoms with Gasteiger partial charge in [0.15, 0.2) is 5.16 Å². The van der Waals surface area contributed by atoms with Crippen LogP contribution in [0.5, 0.6) is 0 Å². The number of carbonyl (C=O) groups is 1. The molecule has 1 aromatic heterocycles. The van der Waals surface area contributed by atoms with Crippen LogP contribution in [0.15, 0.2) is 64.5 Å². The number of nitrogens with one attached hydrogen (secondary N) is 1. The van der Waals surface area contributed by atoms with Crippen molar-refractivity contribution in [2.24, 2.45) is 0 Å². The van der Waals surface area contributed by atoms with Gasteiger partial charge in [0.1, 0.15) is 17.0 Å². The molecule has 5 nitrogen and oxygen atoms in total. The van der Waals surface area contributed by atoms with Crippen LogP contribution >= 0.6 is 23.4 Å². The van der Waals surface area contributed by atoms with Gasteiger partial charge in [0.2, 0.25) is 5.91 Å². The summed E-state index contributed by atoms with van der Waals surface area (Å²) >= 11 is 7.05. The number of amides is 1. The molecule has 0 radical (unpaired) electrons. The number of benzene rings is 3. The van der Waals surface area contributed by atoms with E-state index in [4.69, 9.17) is 11.6 Å². The quantitative estimate of drug-likeness (QED) is 0.174. The van der Waals surface area contributed by atoms with Gasteiger partial charge in [-0.1, -0.05) is 35.5 Å². The second-order valence-electron chi connectivity index (χ2n) is 8.60. The Morgan fingerprint density at radius 2 is 1.89 bits per heavy atom. The van der Waals surface area contributed by atoms with Crippen LogP contribution in [-0.2, 0) is 17.6 Å². The number of aryl methyl sites for hydroxylation is 2. The van der Waals surface area contributed by atoms with E-state index < -0.39 is 17.2 Å². The SMILES string of the molecule is O=C(CCCSc1nc2cccc(F)c2c(=O)n1-c1ccc(Cl)c(F)c1)Nc1ccc2c(c1)CCC2. The minimum absolute atomic E-state index is 0.0877. The maximum absolute atomic E-state index is 14.5. The molecule has 0 fully saturated rings. The number of rotatable bonds is 7. The van der Waals surface area contributed by atoms with E-state index in [2.05, 4.69) is 16.4 Å². The zero-order valence-electron chi connectivity index (χ0n) is 19.2. The lowest BCUT2D eigenvalue weighted by Gasteiger charge is -2.14. The van der Waals surface area contributed by atoms with Crippen LogP contribution < -0.4 is 10.9 Å². The highest BCUT2D eigenvalue weighted by atomic mass is 35.5. The van der Waals surface area contributed by atoms with E-state index in [0.717, 1.165) is 31.0 Å². The van der Waals surface area contributed by atoms with E-state index in [0.29, 0.717) is 12.2 Å². The summed E-state index contributed by atoms with van der Waals surface area (Å²) in [5.74, 6) is -1.03. The number of nitrogens with zero attached hydrogens (tertiary/aromatic N) is 2. The molecule has 0 atom stereocenters. The van der Waals surface area contributed by atoms with Crippen LogP contribution in [-0.4, -0.2) is 21.2 Å². The number of thioether (sulfide) groups is 1. The maximum atomic E-state index is 14.5. The van der Waals surface area contributed by atoms with Crippen molar-refractivity contribution in [2.75, 3.05) is 11.1 Å². The Hall–Kier alpha value is -3.23. The van der Waals surface area contributed by atoms with Crippen molar-refractivity contribution < 1.29 is 13.6 Å². The molecule has 184 valence electrons. The summed E-state index contributed by atoms with van der Waals surface area (Å²) in [6.45, 7) is 0. The van der Waals surface area contributed by atoms with Gasteiger partial charge in [0, 0.05) is 17.9 Å². The summed E-state index contributed by atoms with van der Waals surface area (Å²) in [6.07, 6.45) is 4.08. The molecule has 1 aliphatic carbocycles. The minimum atomic E-state index is -0.701. The van der Waals surface area contributed by atoms with E-state index in [1.807, 2.05) is 12.1 Å². The van der Waals surface area contributed by atoms with Crippen LogP contribution in [0.4, 0.5) is 14.5 Å². The van der Waals surface area contributed by atoms with Crippen molar-refractivity contribution in [3.8, 4) is 5.69 Å². The first kappa shape index (κ1) is 24.5. The summed E-state index contributed by atoms with van der Waals surface area (Å²) in [4.78, 5) is 30.2. The molecule has 1 heterocycles. The smallest absolute Gasteiger partial charge is 0.269 e. The van der Waals surface area contributed by atoms with Gasteiger partial charge in [0.05, 0.1) is 16.2 Å². The molecule has 36 heavy (non-hydrogen) atoms. The minimum Gasteiger partial charge on any atom is -0.326 e. The molecule has 1 amide bonds. The van der Waals surface area contributed by atoms with E-state index in [1.54, 1.807) is 6.07 Å². The molecule has 0 spiro atoms. The molecule has 1 N–H and O–H groups in total. The Labute approximate surface area is 215 Å². The van der Waals surface area contributed by atoms with Gasteiger partial charge in [-0.3, -0.25) is 14.2 Å². The average Bonchev–Trinajstić information content (AvgIpc) is 3.32. The highest BCUT2D eigenvalue weighted by Crippen LogP contribution is 2.27. The van der Waals surface area contributed by atoms with E-state index >= 15 is 0 Å². The van der Waals surface area contributed by atoms with Crippen LogP contribution in [0.25, 0.3) is 16.6 Å². The number of hydrogen-bond donors (Lipinski definition) is 1. The lowest BCUT2D eigenvalue weighted by atomic mass is 10.1. The van der Waals surface area contributed by atoms with Crippen LogP contribution in [0.1, 0.15) is 30.4 Å². The number of hydrogen-bond acceptors (Lipinski definition) is 4. The third-order valence-electron chi connectivity index (χ3n) is 6.14. The Morgan fingerprint density at radius 1 is 1.06 bits per heavy atom. The molecular weight excluding hydrogens is 504 g/mol. The topological polar surface area (TPSA) is 64.0 Å². The first-order chi connectivity index (χ1) is 17.4. The zero-order valence-corrected chi connectivity index (χ0v) is 20.8. The summed E-state index contributed by atoms with van der Waals surface area (Å²) in [7, 11) is 0. The summed E-state index contributed by atoms with van der Waals surface area (Å²) in [5, 5.41) is 2.96. The van der Waals surface area contributed by atoms with Gasteiger partial charge < -0.3 is 5.32 Å². The molecule has 0 saturated heterocycles. The average molecular weight is 526 g/mol. The van der Waals surface area contributed by atoms with Gasteiger partial charge in [-0.2, -0.15) is 0 Å². The lowest BCUT2D eigenvalue weighted by molar-refractivity contribution is -0.116. The normalized spacial score (nSPS) is 12.6. The number of anilines is 1. The predicted molar refractivity (Wildman–Crippen MR) is 139 cm³/mol. The van der Waals surface area contributed by atoms with E-state index in [1.165, 1.54) is 51.7 Å². The molecular formula is C27H22ClF2N3O2S. The van der Waals surface area contributed by atoms with Crippen molar-refractivity contribution in [2.45, 2.75) is 37.3 Å². The first-order valence-electron chi connectivity index (χ1n) is 11.6. The summed E-state index contributed by atoms with van der Waals surface area (Å²) in [6, 6.07) is 14.2. The molecule has 9 heteroatoms. The monoisotopic (exact) mass is 525 g/mol. The molecule has 0 unspecified atom stereocenters. The Kier molecular flexibility index (Phi) is 7.07. The number of aromatic nitrogens is 2. The van der Waals surface area contributed by atoms with Crippen LogP contribution in [0, 0.1) is 11.6 Å². The van der Waals surface area contributed by atoms with Crippen molar-refractivity contribution in [1.82, 2.24) is 9.55 Å². The summed E-state index contributed by atoms with van der Waals surface area (Å²) < 4.78 is 29.8. The zero-order chi connectivity index (χ0) is 25.2. The molecule has 3 aromatic carbocycles. The van der Waals surface area contributed by atoms with Crippen LogP contribution in [0.3, 0.4) is 0 Å². The fraction of sp³-hybridized carbons (Fsp3) is 0.222. The molecule has 0 bridgehead atoms. The van der Waals surface area contributed by atoms with Gasteiger partial charge in [0.25, 0.3) is 5.56 Å². The molecule has 0 aliphatic heterocycles. The Bertz CT molecular complexity index is 1540. The van der Waals surface area contributed by atoms with Crippen molar-refractivity contribution in [1.29, 1.82) is 0 Å². The second-order valence-corrected chi connectivity index (χ2v) is 10.1. The molecule has 1 aliphatic rings. The number of carbonyl (C=O) groups excluding carboxylic acids is 1.